The summed E-state index contributed by atoms with van der Waals surface area (Å²) in [4.78, 5) is 0. The number of methoxy groups -OCH3 is 1. The number of ether oxygens (including phenoxy) is 1. The number of hydrogen-bond acceptors (Lipinski definition) is 3. The van der Waals surface area contributed by atoms with Crippen LogP contribution in [0.2, 0.25) is 0 Å². The number of rotatable bonds is 4. The molecule has 0 spiro atoms. The average Bonchev–Trinajstić information content (AvgIpc) is 2.19. The van der Waals surface area contributed by atoms with Crippen LogP contribution < -0.4 is 0 Å². The first kappa shape index (κ1) is 9.86. The van der Waals surface area contributed by atoms with E-state index in [-0.39, 0.29) is 6.10 Å². The molecule has 0 saturated heterocycles. The summed E-state index contributed by atoms with van der Waals surface area (Å²) in [7, 11) is 1.67. The van der Waals surface area contributed by atoms with Gasteiger partial charge in [-0.3, -0.25) is 0 Å². The molecule has 0 aromatic heterocycles. The number of azo groups is 1. The maximum Gasteiger partial charge on any atom is 0.0862 e. The van der Waals surface area contributed by atoms with Crippen molar-refractivity contribution in [3.8, 4) is 0 Å². The van der Waals surface area contributed by atoms with E-state index in [2.05, 4.69) is 10.2 Å². The van der Waals surface area contributed by atoms with Crippen LogP contribution in [0.3, 0.4) is 0 Å². The van der Waals surface area contributed by atoms with Gasteiger partial charge in [-0.2, -0.15) is 10.2 Å². The summed E-state index contributed by atoms with van der Waals surface area (Å²) >= 11 is 0. The van der Waals surface area contributed by atoms with E-state index in [1.54, 1.807) is 7.11 Å². The summed E-state index contributed by atoms with van der Waals surface area (Å²) in [5.41, 5.74) is 0.880. The van der Waals surface area contributed by atoms with Crippen molar-refractivity contribution in [2.24, 2.45) is 10.2 Å². The van der Waals surface area contributed by atoms with Gasteiger partial charge in [0.1, 0.15) is 0 Å². The van der Waals surface area contributed by atoms with E-state index >= 15 is 0 Å². The van der Waals surface area contributed by atoms with Gasteiger partial charge in [0.25, 0.3) is 0 Å². The highest BCUT2D eigenvalue weighted by molar-refractivity contribution is 5.34. The summed E-state index contributed by atoms with van der Waals surface area (Å²) < 4.78 is 5.03. The molecule has 3 heteroatoms. The third-order valence-corrected chi connectivity index (χ3v) is 1.68. The lowest BCUT2D eigenvalue weighted by Crippen LogP contribution is -2.07. The first-order valence-corrected chi connectivity index (χ1v) is 4.28. The van der Waals surface area contributed by atoms with Gasteiger partial charge in [-0.15, -0.1) is 0 Å². The minimum absolute atomic E-state index is 0.132. The van der Waals surface area contributed by atoms with Crippen molar-refractivity contribution in [1.82, 2.24) is 0 Å². The van der Waals surface area contributed by atoms with Gasteiger partial charge < -0.3 is 4.74 Å². The maximum atomic E-state index is 5.03. The van der Waals surface area contributed by atoms with E-state index in [9.17, 15) is 0 Å². The molecule has 70 valence electrons. The molecule has 13 heavy (non-hydrogen) atoms. The van der Waals surface area contributed by atoms with E-state index in [0.717, 1.165) is 5.69 Å². The van der Waals surface area contributed by atoms with Crippen LogP contribution in [-0.2, 0) is 4.74 Å². The highest BCUT2D eigenvalue weighted by Gasteiger charge is 1.95. The Kier molecular flexibility index (Phi) is 4.12. The molecular formula is C10H14N2O. The van der Waals surface area contributed by atoms with E-state index in [4.69, 9.17) is 4.74 Å². The molecule has 0 amide bonds. The van der Waals surface area contributed by atoms with Crippen molar-refractivity contribution >= 4 is 5.69 Å². The zero-order valence-corrected chi connectivity index (χ0v) is 7.97. The summed E-state index contributed by atoms with van der Waals surface area (Å²) in [6.07, 6.45) is 0.132. The fourth-order valence-corrected chi connectivity index (χ4v) is 0.807. The molecule has 0 bridgehead atoms. The molecule has 1 atom stereocenters. The molecule has 0 radical (unpaired) electrons. The van der Waals surface area contributed by atoms with Crippen LogP contribution in [0.25, 0.3) is 0 Å². The van der Waals surface area contributed by atoms with Crippen LogP contribution in [0.15, 0.2) is 40.6 Å². The third kappa shape index (κ3) is 3.80. The summed E-state index contributed by atoms with van der Waals surface area (Å²) in [6.45, 7) is 2.56. The fourth-order valence-electron chi connectivity index (χ4n) is 0.807. The molecule has 1 aromatic rings. The van der Waals surface area contributed by atoms with Crippen LogP contribution in [0.1, 0.15) is 6.92 Å². The average molecular weight is 178 g/mol. The predicted molar refractivity (Wildman–Crippen MR) is 52.3 cm³/mol. The molecule has 3 nitrogen and oxygen atoms in total. The lowest BCUT2D eigenvalue weighted by Gasteiger charge is -2.02. The summed E-state index contributed by atoms with van der Waals surface area (Å²) in [6, 6.07) is 9.67. The first-order valence-electron chi connectivity index (χ1n) is 4.28. The molecular weight excluding hydrogens is 164 g/mol. The Hall–Kier alpha value is -1.22. The van der Waals surface area contributed by atoms with E-state index in [0.29, 0.717) is 6.54 Å². The standard InChI is InChI=1S/C10H14N2O/c1-9(13-2)8-11-12-10-6-4-3-5-7-10/h3-7,9H,8H2,1-2H3. The van der Waals surface area contributed by atoms with Gasteiger partial charge in [-0.1, -0.05) is 18.2 Å². The molecule has 1 aromatic carbocycles. The Morgan fingerprint density at radius 1 is 1.31 bits per heavy atom. The third-order valence-electron chi connectivity index (χ3n) is 1.68. The predicted octanol–water partition coefficient (Wildman–Crippen LogP) is 2.81. The van der Waals surface area contributed by atoms with Gasteiger partial charge in [-0.25, -0.2) is 0 Å². The van der Waals surface area contributed by atoms with Crippen LogP contribution in [0.4, 0.5) is 5.69 Å². The van der Waals surface area contributed by atoms with Crippen molar-refractivity contribution in [3.05, 3.63) is 30.3 Å². The second-order valence-corrected chi connectivity index (χ2v) is 2.81. The summed E-state index contributed by atoms with van der Waals surface area (Å²) in [5, 5.41) is 8.05. The van der Waals surface area contributed by atoms with Gasteiger partial charge in [0, 0.05) is 7.11 Å². The van der Waals surface area contributed by atoms with E-state index in [1.807, 2.05) is 37.3 Å². The monoisotopic (exact) mass is 178 g/mol. The minimum Gasteiger partial charge on any atom is -0.380 e. The molecule has 0 heterocycles. The van der Waals surface area contributed by atoms with Crippen molar-refractivity contribution in [2.45, 2.75) is 13.0 Å². The van der Waals surface area contributed by atoms with Gasteiger partial charge >= 0.3 is 0 Å². The highest BCUT2D eigenvalue weighted by atomic mass is 16.5. The Labute approximate surface area is 78.5 Å². The Morgan fingerprint density at radius 2 is 2.00 bits per heavy atom. The zero-order chi connectivity index (χ0) is 9.52. The largest absolute Gasteiger partial charge is 0.380 e. The van der Waals surface area contributed by atoms with Crippen molar-refractivity contribution in [2.75, 3.05) is 13.7 Å². The van der Waals surface area contributed by atoms with Crippen LogP contribution in [0.5, 0.6) is 0 Å². The van der Waals surface area contributed by atoms with Gasteiger partial charge in [0.2, 0.25) is 0 Å². The molecule has 0 saturated carbocycles. The van der Waals surface area contributed by atoms with Crippen molar-refractivity contribution in [1.29, 1.82) is 0 Å². The summed E-state index contributed by atoms with van der Waals surface area (Å²) in [5.74, 6) is 0. The van der Waals surface area contributed by atoms with Gasteiger partial charge in [0.15, 0.2) is 0 Å². The lowest BCUT2D eigenvalue weighted by atomic mass is 10.3. The van der Waals surface area contributed by atoms with Gasteiger partial charge in [-0.05, 0) is 19.1 Å². The Bertz CT molecular complexity index is 259. The fraction of sp³-hybridized carbons (Fsp3) is 0.400. The molecule has 0 fully saturated rings. The van der Waals surface area contributed by atoms with Gasteiger partial charge in [0.05, 0.1) is 18.3 Å². The zero-order valence-electron chi connectivity index (χ0n) is 7.97. The molecule has 0 aliphatic carbocycles. The SMILES string of the molecule is COC(C)CN=Nc1ccccc1. The highest BCUT2D eigenvalue weighted by Crippen LogP contribution is 2.09. The molecule has 1 rings (SSSR count). The van der Waals surface area contributed by atoms with Crippen molar-refractivity contribution in [3.63, 3.8) is 0 Å². The van der Waals surface area contributed by atoms with Crippen LogP contribution >= 0.6 is 0 Å². The topological polar surface area (TPSA) is 34.0 Å². The second-order valence-electron chi connectivity index (χ2n) is 2.81. The Morgan fingerprint density at radius 3 is 2.62 bits per heavy atom. The second kappa shape index (κ2) is 5.43. The maximum absolute atomic E-state index is 5.03. The molecule has 0 N–H and O–H groups in total. The van der Waals surface area contributed by atoms with Crippen LogP contribution in [0, 0.1) is 0 Å². The van der Waals surface area contributed by atoms with E-state index < -0.39 is 0 Å². The number of nitrogens with zero attached hydrogens (tertiary/aromatic N) is 2. The first-order chi connectivity index (χ1) is 6.33. The normalized spacial score (nSPS) is 13.4. The molecule has 1 unspecified atom stereocenters. The van der Waals surface area contributed by atoms with Crippen LogP contribution in [-0.4, -0.2) is 19.8 Å². The quantitative estimate of drug-likeness (QED) is 0.653. The minimum atomic E-state index is 0.132. The van der Waals surface area contributed by atoms with E-state index in [1.165, 1.54) is 0 Å². The number of hydrogen-bond donors (Lipinski definition) is 0. The van der Waals surface area contributed by atoms with Crippen molar-refractivity contribution < 1.29 is 4.74 Å². The number of benzene rings is 1. The molecule has 0 aliphatic heterocycles. The Balaban J connectivity index is 2.41. The smallest absolute Gasteiger partial charge is 0.0862 e. The lowest BCUT2D eigenvalue weighted by molar-refractivity contribution is 0.124. The molecule has 0 aliphatic rings.